The third-order valence-electron chi connectivity index (χ3n) is 2.59. The van der Waals surface area contributed by atoms with Crippen molar-refractivity contribution in [1.82, 2.24) is 9.97 Å². The molecular weight excluding hydrogens is 321 g/mol. The topological polar surface area (TPSA) is 51.8 Å². The Labute approximate surface area is 117 Å². The molecule has 0 unspecified atom stereocenters. The molecule has 0 atom stereocenters. The maximum absolute atomic E-state index is 14.1. The van der Waals surface area contributed by atoms with E-state index in [1.54, 1.807) is 26.0 Å². The van der Waals surface area contributed by atoms with Gasteiger partial charge in [-0.1, -0.05) is 11.6 Å². The fourth-order valence-electron chi connectivity index (χ4n) is 1.62. The van der Waals surface area contributed by atoms with Gasteiger partial charge in [0, 0.05) is 15.6 Å². The highest BCUT2D eigenvalue weighted by molar-refractivity contribution is 9.10. The summed E-state index contributed by atoms with van der Waals surface area (Å²) in [6, 6.07) is 3.29. The third-order valence-corrected chi connectivity index (χ3v) is 3.84. The quantitative estimate of drug-likeness (QED) is 0.807. The first-order chi connectivity index (χ1) is 8.41. The van der Waals surface area contributed by atoms with Crippen LogP contribution in [0.3, 0.4) is 0 Å². The fourth-order valence-corrected chi connectivity index (χ4v) is 2.09. The minimum atomic E-state index is -0.522. The Morgan fingerprint density at radius 1 is 1.28 bits per heavy atom. The fraction of sp³-hybridized carbons (Fsp3) is 0.167. The van der Waals surface area contributed by atoms with E-state index in [-0.39, 0.29) is 5.02 Å². The molecule has 0 aliphatic carbocycles. The van der Waals surface area contributed by atoms with E-state index in [1.165, 1.54) is 0 Å². The second-order valence-corrected chi connectivity index (χ2v) is 5.08. The molecule has 0 aliphatic heterocycles. The molecular formula is C12H10BrClFN3. The van der Waals surface area contributed by atoms with E-state index in [4.69, 9.17) is 17.3 Å². The summed E-state index contributed by atoms with van der Waals surface area (Å²) < 4.78 is 14.6. The molecule has 1 aromatic heterocycles. The van der Waals surface area contributed by atoms with Crippen molar-refractivity contribution in [3.63, 3.8) is 0 Å². The molecule has 0 fully saturated rings. The van der Waals surface area contributed by atoms with Gasteiger partial charge in [-0.15, -0.1) is 0 Å². The molecule has 1 aromatic carbocycles. The Morgan fingerprint density at radius 3 is 2.61 bits per heavy atom. The zero-order valence-corrected chi connectivity index (χ0v) is 12.1. The molecule has 0 amide bonds. The van der Waals surface area contributed by atoms with Gasteiger partial charge in [-0.3, -0.25) is 0 Å². The van der Waals surface area contributed by atoms with Crippen molar-refractivity contribution >= 4 is 33.3 Å². The lowest BCUT2D eigenvalue weighted by Gasteiger charge is -2.10. The summed E-state index contributed by atoms with van der Waals surface area (Å²) in [5.41, 5.74) is 7.18. The first-order valence-corrected chi connectivity index (χ1v) is 6.33. The lowest BCUT2D eigenvalue weighted by atomic mass is 10.1. The van der Waals surface area contributed by atoms with Gasteiger partial charge in [-0.05, 0) is 41.9 Å². The van der Waals surface area contributed by atoms with Crippen molar-refractivity contribution in [2.75, 3.05) is 5.73 Å². The smallest absolute Gasteiger partial charge is 0.152 e. The molecule has 2 rings (SSSR count). The largest absolute Gasteiger partial charge is 0.383 e. The minimum Gasteiger partial charge on any atom is -0.383 e. The van der Waals surface area contributed by atoms with Crippen LogP contribution in [0.5, 0.6) is 0 Å². The van der Waals surface area contributed by atoms with Crippen LogP contribution in [0, 0.1) is 19.7 Å². The van der Waals surface area contributed by atoms with E-state index >= 15 is 0 Å². The number of hydrogen-bond acceptors (Lipinski definition) is 3. The molecule has 18 heavy (non-hydrogen) atoms. The summed E-state index contributed by atoms with van der Waals surface area (Å²) in [5, 5.41) is 0.0294. The number of halogens is 3. The summed E-state index contributed by atoms with van der Waals surface area (Å²) in [6.07, 6.45) is 0. The zero-order chi connectivity index (χ0) is 13.4. The van der Waals surface area contributed by atoms with Crippen molar-refractivity contribution in [2.24, 2.45) is 0 Å². The molecule has 0 saturated heterocycles. The van der Waals surface area contributed by atoms with E-state index in [2.05, 4.69) is 25.9 Å². The van der Waals surface area contributed by atoms with E-state index < -0.39 is 5.82 Å². The molecule has 0 radical (unpaired) electrons. The summed E-state index contributed by atoms with van der Waals surface area (Å²) in [6.45, 7) is 3.46. The Balaban J connectivity index is 2.74. The Morgan fingerprint density at radius 2 is 1.94 bits per heavy atom. The average molecular weight is 331 g/mol. The van der Waals surface area contributed by atoms with Gasteiger partial charge in [0.2, 0.25) is 0 Å². The lowest BCUT2D eigenvalue weighted by Crippen LogP contribution is -2.03. The summed E-state index contributed by atoms with van der Waals surface area (Å²) in [7, 11) is 0. The van der Waals surface area contributed by atoms with Crippen molar-refractivity contribution < 1.29 is 4.39 Å². The second kappa shape index (κ2) is 4.82. The van der Waals surface area contributed by atoms with Crippen LogP contribution in [-0.2, 0) is 0 Å². The van der Waals surface area contributed by atoms with Gasteiger partial charge in [0.05, 0.1) is 10.7 Å². The minimum absolute atomic E-state index is 0.0294. The monoisotopic (exact) mass is 329 g/mol. The predicted molar refractivity (Wildman–Crippen MR) is 74.0 cm³/mol. The van der Waals surface area contributed by atoms with Gasteiger partial charge in [0.15, 0.2) is 5.82 Å². The van der Waals surface area contributed by atoms with Crippen molar-refractivity contribution in [3.05, 3.63) is 38.8 Å². The molecule has 0 saturated carbocycles. The summed E-state index contributed by atoms with van der Waals surface area (Å²) in [5.74, 6) is 0.314. The standard InChI is InChI=1S/C12H10BrClFN3/c1-5-11(17-6(2)18-12(5)16)7-3-4-8(13)9(14)10(7)15/h3-4H,1-2H3,(H2,16,17,18). The molecule has 1 heterocycles. The van der Waals surface area contributed by atoms with Gasteiger partial charge in [-0.25, -0.2) is 14.4 Å². The number of nitrogen functional groups attached to an aromatic ring is 1. The Hall–Kier alpha value is -1.20. The van der Waals surface area contributed by atoms with Crippen molar-refractivity contribution in [2.45, 2.75) is 13.8 Å². The first-order valence-electron chi connectivity index (χ1n) is 5.16. The zero-order valence-electron chi connectivity index (χ0n) is 9.76. The molecule has 0 bridgehead atoms. The van der Waals surface area contributed by atoms with E-state index in [1.807, 2.05) is 0 Å². The van der Waals surface area contributed by atoms with Crippen molar-refractivity contribution in [3.8, 4) is 11.3 Å². The summed E-state index contributed by atoms with van der Waals surface area (Å²) in [4.78, 5) is 8.26. The van der Waals surface area contributed by atoms with Crippen LogP contribution in [0.25, 0.3) is 11.3 Å². The van der Waals surface area contributed by atoms with E-state index in [9.17, 15) is 4.39 Å². The number of rotatable bonds is 1. The van der Waals surface area contributed by atoms with Gasteiger partial charge in [0.25, 0.3) is 0 Å². The van der Waals surface area contributed by atoms with Crippen LogP contribution >= 0.6 is 27.5 Å². The van der Waals surface area contributed by atoms with Gasteiger partial charge in [0.1, 0.15) is 11.6 Å². The van der Waals surface area contributed by atoms with Crippen molar-refractivity contribution in [1.29, 1.82) is 0 Å². The maximum atomic E-state index is 14.1. The van der Waals surface area contributed by atoms with Crippen LogP contribution in [0.15, 0.2) is 16.6 Å². The number of nitrogens with two attached hydrogens (primary N) is 1. The molecule has 3 nitrogen and oxygen atoms in total. The number of benzene rings is 1. The molecule has 94 valence electrons. The van der Waals surface area contributed by atoms with Crippen LogP contribution in [-0.4, -0.2) is 9.97 Å². The van der Waals surface area contributed by atoms with Gasteiger partial charge in [-0.2, -0.15) is 0 Å². The molecule has 2 aromatic rings. The van der Waals surface area contributed by atoms with Crippen LogP contribution < -0.4 is 5.73 Å². The van der Waals surface area contributed by atoms with Crippen LogP contribution in [0.1, 0.15) is 11.4 Å². The predicted octanol–water partition coefficient (Wildman–Crippen LogP) is 3.90. The molecule has 2 N–H and O–H groups in total. The third kappa shape index (κ3) is 2.20. The molecule has 0 spiro atoms. The van der Waals surface area contributed by atoms with Gasteiger partial charge < -0.3 is 5.73 Å². The first kappa shape index (κ1) is 13.2. The summed E-state index contributed by atoms with van der Waals surface area (Å²) >= 11 is 9.04. The van der Waals surface area contributed by atoms with Crippen LogP contribution in [0.2, 0.25) is 5.02 Å². The average Bonchev–Trinajstić information content (AvgIpc) is 2.31. The lowest BCUT2D eigenvalue weighted by molar-refractivity contribution is 0.630. The van der Waals surface area contributed by atoms with Gasteiger partial charge >= 0.3 is 0 Å². The maximum Gasteiger partial charge on any atom is 0.152 e. The number of anilines is 1. The Bertz CT molecular complexity index is 631. The Kier molecular flexibility index (Phi) is 3.54. The molecule has 6 heteroatoms. The number of nitrogens with zero attached hydrogens (tertiary/aromatic N) is 2. The number of aromatic nitrogens is 2. The number of aryl methyl sites for hydroxylation is 1. The number of hydrogen-bond donors (Lipinski definition) is 1. The highest BCUT2D eigenvalue weighted by Gasteiger charge is 2.16. The normalized spacial score (nSPS) is 10.7. The second-order valence-electron chi connectivity index (χ2n) is 3.85. The highest BCUT2D eigenvalue weighted by atomic mass is 79.9. The highest BCUT2D eigenvalue weighted by Crippen LogP contribution is 2.34. The molecule has 0 aliphatic rings. The van der Waals surface area contributed by atoms with Crippen LogP contribution in [0.4, 0.5) is 10.2 Å². The van der Waals surface area contributed by atoms with E-state index in [0.29, 0.717) is 32.9 Å². The SMILES string of the molecule is Cc1nc(N)c(C)c(-c2ccc(Br)c(Cl)c2F)n1. The van der Waals surface area contributed by atoms with E-state index in [0.717, 1.165) is 0 Å².